The number of hydrogen-bond acceptors (Lipinski definition) is 4. The van der Waals surface area contributed by atoms with Crippen LogP contribution in [-0.2, 0) is 14.8 Å². The second-order valence-electron chi connectivity index (χ2n) is 7.32. The molecule has 0 saturated carbocycles. The lowest BCUT2D eigenvalue weighted by Gasteiger charge is -2.30. The quantitative estimate of drug-likeness (QED) is 0.735. The third-order valence-electron chi connectivity index (χ3n) is 5.42. The van der Waals surface area contributed by atoms with Crippen LogP contribution in [0.3, 0.4) is 0 Å². The van der Waals surface area contributed by atoms with Crippen LogP contribution in [0.25, 0.3) is 0 Å². The number of nitrogens with zero attached hydrogens (tertiary/aromatic N) is 2. The third-order valence-corrected chi connectivity index (χ3v) is 7.48. The minimum Gasteiger partial charge on any atom is -0.342 e. The molecule has 0 spiro atoms. The molecule has 0 aliphatic carbocycles. The van der Waals surface area contributed by atoms with E-state index in [1.165, 1.54) is 4.31 Å². The Morgan fingerprint density at radius 1 is 1.19 bits per heavy atom. The molecule has 7 heteroatoms. The number of nitrogens with one attached hydrogen (secondary N) is 1. The van der Waals surface area contributed by atoms with Crippen LogP contribution in [0.2, 0.25) is 0 Å². The highest BCUT2D eigenvalue weighted by molar-refractivity contribution is 7.89. The summed E-state index contributed by atoms with van der Waals surface area (Å²) >= 11 is 0. The second kappa shape index (κ2) is 9.66. The molecule has 1 aromatic rings. The van der Waals surface area contributed by atoms with Gasteiger partial charge in [0, 0.05) is 32.2 Å². The molecule has 1 saturated heterocycles. The van der Waals surface area contributed by atoms with Crippen LogP contribution in [0.1, 0.15) is 52.1 Å². The van der Waals surface area contributed by atoms with Crippen molar-refractivity contribution in [2.45, 2.75) is 51.5 Å². The van der Waals surface area contributed by atoms with Crippen molar-refractivity contribution in [1.29, 1.82) is 0 Å². The smallest absolute Gasteiger partial charge is 0.243 e. The van der Waals surface area contributed by atoms with Gasteiger partial charge >= 0.3 is 0 Å². The zero-order valence-corrected chi connectivity index (χ0v) is 17.8. The molecular weight excluding hydrogens is 362 g/mol. The van der Waals surface area contributed by atoms with Gasteiger partial charge in [0.25, 0.3) is 0 Å². The van der Waals surface area contributed by atoms with E-state index < -0.39 is 10.0 Å². The fourth-order valence-corrected chi connectivity index (χ4v) is 4.83. The maximum Gasteiger partial charge on any atom is 0.243 e. The predicted octanol–water partition coefficient (Wildman–Crippen LogP) is 2.63. The average Bonchev–Trinajstić information content (AvgIpc) is 2.67. The average molecular weight is 396 g/mol. The van der Waals surface area contributed by atoms with E-state index in [9.17, 15) is 13.2 Å². The second-order valence-corrected chi connectivity index (χ2v) is 9.26. The molecule has 1 aliphatic rings. The van der Waals surface area contributed by atoms with Gasteiger partial charge in [-0.05, 0) is 43.4 Å². The number of amides is 1. The Morgan fingerprint density at radius 2 is 1.74 bits per heavy atom. The molecule has 1 aliphatic heterocycles. The van der Waals surface area contributed by atoms with Crippen molar-refractivity contribution >= 4 is 15.9 Å². The van der Waals surface area contributed by atoms with Crippen LogP contribution in [0.5, 0.6) is 0 Å². The molecule has 0 radical (unpaired) electrons. The van der Waals surface area contributed by atoms with Gasteiger partial charge in [-0.15, -0.1) is 0 Å². The Labute approximate surface area is 164 Å². The summed E-state index contributed by atoms with van der Waals surface area (Å²) in [6.45, 7) is 10.8. The van der Waals surface area contributed by atoms with Gasteiger partial charge in [-0.1, -0.05) is 32.9 Å². The summed E-state index contributed by atoms with van der Waals surface area (Å²) in [5, 5.41) is 3.26. The molecule has 6 nitrogen and oxygen atoms in total. The van der Waals surface area contributed by atoms with Crippen molar-refractivity contribution in [2.75, 3.05) is 32.7 Å². The van der Waals surface area contributed by atoms with E-state index in [0.717, 1.165) is 31.5 Å². The van der Waals surface area contributed by atoms with Crippen LogP contribution >= 0.6 is 0 Å². The minimum absolute atomic E-state index is 0.0251. The van der Waals surface area contributed by atoms with Gasteiger partial charge in [-0.25, -0.2) is 8.42 Å². The van der Waals surface area contributed by atoms with Gasteiger partial charge in [-0.3, -0.25) is 4.79 Å². The van der Waals surface area contributed by atoms with Gasteiger partial charge in [0.1, 0.15) is 0 Å². The van der Waals surface area contributed by atoms with Crippen LogP contribution < -0.4 is 5.32 Å². The molecule has 152 valence electrons. The minimum atomic E-state index is -3.44. The van der Waals surface area contributed by atoms with Crippen molar-refractivity contribution < 1.29 is 13.2 Å². The van der Waals surface area contributed by atoms with Crippen LogP contribution in [0, 0.1) is 5.92 Å². The zero-order chi connectivity index (χ0) is 20.0. The fraction of sp³-hybridized carbons (Fsp3) is 0.650. The number of sulfonamides is 1. The topological polar surface area (TPSA) is 69.7 Å². The van der Waals surface area contributed by atoms with Crippen molar-refractivity contribution in [3.63, 3.8) is 0 Å². The van der Waals surface area contributed by atoms with E-state index in [-0.39, 0.29) is 11.9 Å². The standard InChI is InChI=1S/C20H33N3O3S/c1-5-23(6-2)27(25,26)19-9-7-18(8-10-19)17(4)21-15-20(24)22-13-11-16(3)12-14-22/h7-10,16-17,21H,5-6,11-15H2,1-4H3/t17-/m0/s1. The molecule has 1 N–H and O–H groups in total. The molecule has 27 heavy (non-hydrogen) atoms. The van der Waals surface area contributed by atoms with E-state index >= 15 is 0 Å². The molecule has 1 amide bonds. The lowest BCUT2D eigenvalue weighted by Crippen LogP contribution is -2.43. The van der Waals surface area contributed by atoms with Gasteiger partial charge in [0.05, 0.1) is 11.4 Å². The SMILES string of the molecule is CCN(CC)S(=O)(=O)c1ccc([C@H](C)NCC(=O)N2CCC(C)CC2)cc1. The van der Waals surface area contributed by atoms with Crippen molar-refractivity contribution in [2.24, 2.45) is 5.92 Å². The fourth-order valence-electron chi connectivity index (χ4n) is 3.37. The molecule has 1 aromatic carbocycles. The largest absolute Gasteiger partial charge is 0.342 e. The Balaban J connectivity index is 1.93. The highest BCUT2D eigenvalue weighted by atomic mass is 32.2. The summed E-state index contributed by atoms with van der Waals surface area (Å²) in [7, 11) is -3.44. The summed E-state index contributed by atoms with van der Waals surface area (Å²) in [4.78, 5) is 14.6. The molecule has 0 aromatic heterocycles. The van der Waals surface area contributed by atoms with Crippen molar-refractivity contribution in [3.8, 4) is 0 Å². The number of likely N-dealkylation sites (tertiary alicyclic amines) is 1. The first-order valence-corrected chi connectivity index (χ1v) is 11.3. The summed E-state index contributed by atoms with van der Waals surface area (Å²) in [5.74, 6) is 0.835. The molecule has 1 atom stereocenters. The number of carbonyl (C=O) groups excluding carboxylic acids is 1. The Kier molecular flexibility index (Phi) is 7.82. The van der Waals surface area contributed by atoms with Gasteiger partial charge < -0.3 is 10.2 Å². The molecule has 1 fully saturated rings. The van der Waals surface area contributed by atoms with E-state index in [2.05, 4.69) is 12.2 Å². The first-order valence-electron chi connectivity index (χ1n) is 9.90. The van der Waals surface area contributed by atoms with Gasteiger partial charge in [0.15, 0.2) is 0 Å². The summed E-state index contributed by atoms with van der Waals surface area (Å²) < 4.78 is 26.5. The maximum atomic E-state index is 12.5. The highest BCUT2D eigenvalue weighted by Crippen LogP contribution is 2.20. The first kappa shape index (κ1) is 21.9. The van der Waals surface area contributed by atoms with Crippen molar-refractivity contribution in [3.05, 3.63) is 29.8 Å². The summed E-state index contributed by atoms with van der Waals surface area (Å²) in [5.41, 5.74) is 0.966. The molecular formula is C20H33N3O3S. The predicted molar refractivity (Wildman–Crippen MR) is 108 cm³/mol. The van der Waals surface area contributed by atoms with E-state index in [4.69, 9.17) is 0 Å². The monoisotopic (exact) mass is 395 g/mol. The lowest BCUT2D eigenvalue weighted by molar-refractivity contribution is -0.131. The van der Waals surface area contributed by atoms with Crippen LogP contribution in [0.15, 0.2) is 29.2 Å². The van der Waals surface area contributed by atoms with E-state index in [1.54, 1.807) is 12.1 Å². The Bertz CT molecular complexity index is 706. The number of benzene rings is 1. The number of piperidine rings is 1. The zero-order valence-electron chi connectivity index (χ0n) is 16.9. The van der Waals surface area contributed by atoms with E-state index in [1.807, 2.05) is 37.8 Å². The van der Waals surface area contributed by atoms with Gasteiger partial charge in [0.2, 0.25) is 15.9 Å². The number of hydrogen-bond donors (Lipinski definition) is 1. The number of carbonyl (C=O) groups is 1. The normalized spacial score (nSPS) is 17.3. The molecule has 0 bridgehead atoms. The highest BCUT2D eigenvalue weighted by Gasteiger charge is 2.22. The Morgan fingerprint density at radius 3 is 2.26 bits per heavy atom. The van der Waals surface area contributed by atoms with Crippen LogP contribution in [0.4, 0.5) is 0 Å². The summed E-state index contributed by atoms with van der Waals surface area (Å²) in [6, 6.07) is 6.91. The lowest BCUT2D eigenvalue weighted by atomic mass is 9.99. The van der Waals surface area contributed by atoms with Gasteiger partial charge in [-0.2, -0.15) is 4.31 Å². The summed E-state index contributed by atoms with van der Waals surface area (Å²) in [6.07, 6.45) is 2.15. The third kappa shape index (κ3) is 5.53. The maximum absolute atomic E-state index is 12.5. The van der Waals surface area contributed by atoms with Crippen molar-refractivity contribution in [1.82, 2.24) is 14.5 Å². The Hall–Kier alpha value is -1.44. The molecule has 2 rings (SSSR count). The molecule has 1 heterocycles. The first-order chi connectivity index (χ1) is 12.8. The van der Waals surface area contributed by atoms with Crippen LogP contribution in [-0.4, -0.2) is 56.3 Å². The molecule has 0 unspecified atom stereocenters. The van der Waals surface area contributed by atoms with E-state index in [0.29, 0.717) is 30.4 Å². The number of rotatable bonds is 8.